The Labute approximate surface area is 112 Å². The van der Waals surface area contributed by atoms with E-state index in [0.717, 1.165) is 17.0 Å². The summed E-state index contributed by atoms with van der Waals surface area (Å²) in [5.41, 5.74) is 2.37. The van der Waals surface area contributed by atoms with Crippen LogP contribution in [0.1, 0.15) is 6.92 Å². The number of ether oxygens (including phenoxy) is 2. The van der Waals surface area contributed by atoms with Crippen LogP contribution in [0, 0.1) is 0 Å². The number of nitrogens with zero attached hydrogens (tertiary/aromatic N) is 1. The summed E-state index contributed by atoms with van der Waals surface area (Å²) < 4.78 is 13.3. The monoisotopic (exact) mass is 255 g/mol. The maximum Gasteiger partial charge on any atom is 0.163 e. The van der Waals surface area contributed by atoms with E-state index in [1.165, 1.54) is 16.3 Å². The fraction of sp³-hybridized carbons (Fsp3) is 0.250. The Balaban J connectivity index is 2.39. The molecule has 0 amide bonds. The van der Waals surface area contributed by atoms with Crippen molar-refractivity contribution in [2.24, 2.45) is 7.05 Å². The van der Waals surface area contributed by atoms with Gasteiger partial charge < -0.3 is 14.0 Å². The van der Waals surface area contributed by atoms with Crippen molar-refractivity contribution in [1.29, 1.82) is 0 Å². The van der Waals surface area contributed by atoms with Gasteiger partial charge in [0.25, 0.3) is 0 Å². The molecule has 0 saturated carbocycles. The number of rotatable bonds is 3. The Hall–Kier alpha value is -2.16. The second kappa shape index (κ2) is 4.50. The van der Waals surface area contributed by atoms with Gasteiger partial charge in [0.2, 0.25) is 0 Å². The average Bonchev–Trinajstić information content (AvgIpc) is 2.72. The number of methoxy groups -OCH3 is 1. The minimum absolute atomic E-state index is 0.631. The molecule has 0 fully saturated rings. The minimum atomic E-state index is 0.631. The molecule has 2 aromatic carbocycles. The molecule has 3 nitrogen and oxygen atoms in total. The first kappa shape index (κ1) is 11.9. The van der Waals surface area contributed by atoms with Crippen molar-refractivity contribution >= 4 is 21.8 Å². The van der Waals surface area contributed by atoms with Gasteiger partial charge >= 0.3 is 0 Å². The van der Waals surface area contributed by atoms with Crippen molar-refractivity contribution in [2.45, 2.75) is 6.92 Å². The molecule has 1 heterocycles. The van der Waals surface area contributed by atoms with Crippen LogP contribution in [0.15, 0.2) is 36.4 Å². The lowest BCUT2D eigenvalue weighted by molar-refractivity contribution is 0.311. The summed E-state index contributed by atoms with van der Waals surface area (Å²) in [7, 11) is 3.75. The Morgan fingerprint density at radius 3 is 2.53 bits per heavy atom. The standard InChI is InChI=1S/C16H17NO2/c1-4-19-16-10-14-12(9-15(16)18-3)11-7-5-6-8-13(11)17(14)2/h5-10H,4H2,1-3H3. The van der Waals surface area contributed by atoms with Gasteiger partial charge in [-0.25, -0.2) is 0 Å². The van der Waals surface area contributed by atoms with Gasteiger partial charge in [-0.05, 0) is 19.1 Å². The van der Waals surface area contributed by atoms with Gasteiger partial charge in [0.1, 0.15) is 0 Å². The molecule has 1 aromatic heterocycles. The topological polar surface area (TPSA) is 23.4 Å². The molecular weight excluding hydrogens is 238 g/mol. The summed E-state index contributed by atoms with van der Waals surface area (Å²) in [5, 5.41) is 2.43. The highest BCUT2D eigenvalue weighted by molar-refractivity contribution is 6.09. The molecule has 98 valence electrons. The first-order chi connectivity index (χ1) is 9.26. The molecule has 0 N–H and O–H groups in total. The Kier molecular flexibility index (Phi) is 2.82. The molecule has 0 spiro atoms. The van der Waals surface area contributed by atoms with E-state index in [1.807, 2.05) is 6.92 Å². The molecule has 0 unspecified atom stereocenters. The van der Waals surface area contributed by atoms with Gasteiger partial charge in [-0.15, -0.1) is 0 Å². The van der Waals surface area contributed by atoms with Gasteiger partial charge in [-0.1, -0.05) is 18.2 Å². The molecule has 0 bridgehead atoms. The van der Waals surface area contributed by atoms with E-state index in [9.17, 15) is 0 Å². The Morgan fingerprint density at radius 1 is 1.00 bits per heavy atom. The van der Waals surface area contributed by atoms with Crippen molar-refractivity contribution < 1.29 is 9.47 Å². The molecule has 3 heteroatoms. The molecule has 0 radical (unpaired) electrons. The number of para-hydroxylation sites is 1. The maximum absolute atomic E-state index is 5.65. The van der Waals surface area contributed by atoms with Crippen molar-refractivity contribution in [3.63, 3.8) is 0 Å². The minimum Gasteiger partial charge on any atom is -0.493 e. The van der Waals surface area contributed by atoms with Crippen LogP contribution < -0.4 is 9.47 Å². The highest BCUT2D eigenvalue weighted by Crippen LogP contribution is 2.37. The smallest absolute Gasteiger partial charge is 0.163 e. The molecular formula is C16H17NO2. The summed E-state index contributed by atoms with van der Waals surface area (Å²) in [6.07, 6.45) is 0. The highest BCUT2D eigenvalue weighted by atomic mass is 16.5. The molecule has 3 rings (SSSR count). The molecule has 0 aliphatic carbocycles. The van der Waals surface area contributed by atoms with E-state index in [2.05, 4.69) is 48.0 Å². The lowest BCUT2D eigenvalue weighted by atomic mass is 10.1. The zero-order valence-electron chi connectivity index (χ0n) is 11.4. The summed E-state index contributed by atoms with van der Waals surface area (Å²) >= 11 is 0. The zero-order valence-corrected chi connectivity index (χ0v) is 11.4. The molecule has 0 atom stereocenters. The largest absolute Gasteiger partial charge is 0.493 e. The molecule has 19 heavy (non-hydrogen) atoms. The van der Waals surface area contributed by atoms with E-state index in [1.54, 1.807) is 7.11 Å². The third kappa shape index (κ3) is 1.73. The fourth-order valence-corrected chi connectivity index (χ4v) is 2.59. The molecule has 0 aliphatic heterocycles. The first-order valence-corrected chi connectivity index (χ1v) is 6.44. The first-order valence-electron chi connectivity index (χ1n) is 6.44. The van der Waals surface area contributed by atoms with E-state index in [0.29, 0.717) is 6.61 Å². The van der Waals surface area contributed by atoms with Crippen LogP contribution in [-0.4, -0.2) is 18.3 Å². The number of aryl methyl sites for hydroxylation is 1. The predicted octanol–water partition coefficient (Wildman–Crippen LogP) is 3.74. The number of hydrogen-bond donors (Lipinski definition) is 0. The number of fused-ring (bicyclic) bond motifs is 3. The normalized spacial score (nSPS) is 11.1. The predicted molar refractivity (Wildman–Crippen MR) is 78.1 cm³/mol. The number of aromatic nitrogens is 1. The summed E-state index contributed by atoms with van der Waals surface area (Å²) in [4.78, 5) is 0. The quantitative estimate of drug-likeness (QED) is 0.711. The van der Waals surface area contributed by atoms with Crippen molar-refractivity contribution in [2.75, 3.05) is 13.7 Å². The number of benzene rings is 2. The van der Waals surface area contributed by atoms with Crippen LogP contribution in [0.5, 0.6) is 11.5 Å². The Morgan fingerprint density at radius 2 is 1.79 bits per heavy atom. The third-order valence-corrected chi connectivity index (χ3v) is 3.50. The summed E-state index contributed by atoms with van der Waals surface area (Å²) in [6.45, 7) is 2.61. The van der Waals surface area contributed by atoms with E-state index < -0.39 is 0 Å². The van der Waals surface area contributed by atoms with Crippen LogP contribution in [0.3, 0.4) is 0 Å². The van der Waals surface area contributed by atoms with E-state index in [-0.39, 0.29) is 0 Å². The van der Waals surface area contributed by atoms with Crippen LogP contribution in [-0.2, 0) is 7.05 Å². The van der Waals surface area contributed by atoms with Crippen LogP contribution >= 0.6 is 0 Å². The van der Waals surface area contributed by atoms with Gasteiger partial charge in [0.05, 0.1) is 19.2 Å². The maximum atomic E-state index is 5.65. The van der Waals surface area contributed by atoms with Crippen LogP contribution in [0.4, 0.5) is 0 Å². The summed E-state index contributed by atoms with van der Waals surface area (Å²) in [5.74, 6) is 1.58. The lowest BCUT2D eigenvalue weighted by Gasteiger charge is -2.10. The van der Waals surface area contributed by atoms with Gasteiger partial charge in [0, 0.05) is 29.4 Å². The molecule has 3 aromatic rings. The number of hydrogen-bond acceptors (Lipinski definition) is 2. The highest BCUT2D eigenvalue weighted by Gasteiger charge is 2.13. The third-order valence-electron chi connectivity index (χ3n) is 3.50. The van der Waals surface area contributed by atoms with Crippen molar-refractivity contribution in [3.05, 3.63) is 36.4 Å². The van der Waals surface area contributed by atoms with E-state index in [4.69, 9.17) is 9.47 Å². The fourth-order valence-electron chi connectivity index (χ4n) is 2.59. The second-order valence-corrected chi connectivity index (χ2v) is 4.53. The lowest BCUT2D eigenvalue weighted by Crippen LogP contribution is -1.96. The second-order valence-electron chi connectivity index (χ2n) is 4.53. The SMILES string of the molecule is CCOc1cc2c(cc1OC)c1ccccc1n2C. The molecule has 0 aliphatic rings. The van der Waals surface area contributed by atoms with Gasteiger partial charge in [-0.3, -0.25) is 0 Å². The van der Waals surface area contributed by atoms with E-state index >= 15 is 0 Å². The zero-order chi connectivity index (χ0) is 13.4. The Bertz CT molecular complexity index is 743. The van der Waals surface area contributed by atoms with Crippen molar-refractivity contribution in [1.82, 2.24) is 4.57 Å². The van der Waals surface area contributed by atoms with Crippen LogP contribution in [0.25, 0.3) is 21.8 Å². The van der Waals surface area contributed by atoms with Gasteiger partial charge in [-0.2, -0.15) is 0 Å². The molecule has 0 saturated heterocycles. The van der Waals surface area contributed by atoms with Crippen LogP contribution in [0.2, 0.25) is 0 Å². The summed E-state index contributed by atoms with van der Waals surface area (Å²) in [6, 6.07) is 12.5. The van der Waals surface area contributed by atoms with Crippen molar-refractivity contribution in [3.8, 4) is 11.5 Å². The van der Waals surface area contributed by atoms with Gasteiger partial charge in [0.15, 0.2) is 11.5 Å². The average molecular weight is 255 g/mol.